The second-order valence-electron chi connectivity index (χ2n) is 6.89. The lowest BCUT2D eigenvalue weighted by Gasteiger charge is -2.41. The smallest absolute Gasteiger partial charge is 0.490 e. The van der Waals surface area contributed by atoms with E-state index in [1.54, 1.807) is 24.3 Å². The zero-order valence-electron chi connectivity index (χ0n) is 14.9. The number of hydrogen-bond acceptors (Lipinski definition) is 6. The van der Waals surface area contributed by atoms with Gasteiger partial charge in [0.15, 0.2) is 23.0 Å². The molecule has 1 atom stereocenters. The van der Waals surface area contributed by atoms with E-state index in [0.29, 0.717) is 13.0 Å². The molecule has 0 radical (unpaired) electrons. The molecule has 7 nitrogen and oxygen atoms in total. The van der Waals surface area contributed by atoms with Crippen LogP contribution in [0.15, 0.2) is 24.3 Å². The van der Waals surface area contributed by atoms with Gasteiger partial charge in [0, 0.05) is 19.1 Å². The van der Waals surface area contributed by atoms with Gasteiger partial charge in [-0.15, -0.1) is 0 Å². The molecule has 0 saturated heterocycles. The number of benzene rings is 2. The summed E-state index contributed by atoms with van der Waals surface area (Å²) in [5, 5.41) is 46.0. The van der Waals surface area contributed by atoms with Crippen molar-refractivity contribution in [1.29, 1.82) is 0 Å². The Bertz CT molecular complexity index is 960. The molecule has 10 heteroatoms. The maximum Gasteiger partial charge on any atom is 0.490 e. The normalized spacial score (nSPS) is 18.0. The molecule has 0 bridgehead atoms. The lowest BCUT2D eigenvalue weighted by atomic mass is 9.83. The first-order chi connectivity index (χ1) is 13.5. The average Bonchev–Trinajstić information content (AvgIpc) is 2.62. The molecule has 5 N–H and O–H groups in total. The van der Waals surface area contributed by atoms with Gasteiger partial charge in [0.25, 0.3) is 0 Å². The van der Waals surface area contributed by atoms with E-state index in [0.717, 1.165) is 35.2 Å². The summed E-state index contributed by atoms with van der Waals surface area (Å²) in [5.74, 6) is -3.12. The number of phenols is 4. The van der Waals surface area contributed by atoms with Crippen molar-refractivity contribution in [2.75, 3.05) is 6.54 Å². The summed E-state index contributed by atoms with van der Waals surface area (Å²) in [4.78, 5) is 11.2. The van der Waals surface area contributed by atoms with Gasteiger partial charge in [0.05, 0.1) is 0 Å². The molecule has 2 aliphatic rings. The summed E-state index contributed by atoms with van der Waals surface area (Å²) in [6, 6.07) is 6.66. The highest BCUT2D eigenvalue weighted by atomic mass is 19.4. The van der Waals surface area contributed by atoms with Gasteiger partial charge in [0.2, 0.25) is 0 Å². The van der Waals surface area contributed by atoms with Crippen LogP contribution in [-0.2, 0) is 24.2 Å². The summed E-state index contributed by atoms with van der Waals surface area (Å²) in [7, 11) is 0. The molecular formula is C19H18F3NO6. The fourth-order valence-corrected chi connectivity index (χ4v) is 3.64. The van der Waals surface area contributed by atoms with Gasteiger partial charge >= 0.3 is 12.1 Å². The molecule has 0 aromatic heterocycles. The molecule has 2 aromatic carbocycles. The van der Waals surface area contributed by atoms with E-state index < -0.39 is 12.1 Å². The third-order valence-corrected chi connectivity index (χ3v) is 5.03. The molecule has 2 heterocycles. The number of aromatic hydroxyl groups is 4. The second-order valence-corrected chi connectivity index (χ2v) is 6.89. The summed E-state index contributed by atoms with van der Waals surface area (Å²) in [6.45, 7) is 1.57. The maximum atomic E-state index is 10.6. The number of alkyl halides is 3. The highest BCUT2D eigenvalue weighted by molar-refractivity contribution is 5.73. The van der Waals surface area contributed by atoms with Crippen LogP contribution < -0.4 is 0 Å². The number of nitrogens with zero attached hydrogens (tertiary/aromatic N) is 1. The minimum absolute atomic E-state index is 0.0778. The number of phenolic OH excluding ortho intramolecular Hbond substituents is 4. The Morgan fingerprint density at radius 1 is 0.897 bits per heavy atom. The van der Waals surface area contributed by atoms with Crippen molar-refractivity contribution in [3.63, 3.8) is 0 Å². The predicted octanol–water partition coefficient (Wildman–Crippen LogP) is 2.80. The first-order valence-electron chi connectivity index (χ1n) is 8.60. The number of rotatable bonds is 0. The Labute approximate surface area is 162 Å². The maximum absolute atomic E-state index is 10.6. The molecule has 0 aliphatic carbocycles. The number of carboxylic acids is 1. The van der Waals surface area contributed by atoms with E-state index in [2.05, 4.69) is 4.90 Å². The molecule has 156 valence electrons. The molecule has 0 fully saturated rings. The second kappa shape index (κ2) is 7.36. The van der Waals surface area contributed by atoms with Gasteiger partial charge < -0.3 is 25.5 Å². The van der Waals surface area contributed by atoms with Crippen LogP contribution in [-0.4, -0.2) is 49.1 Å². The zero-order valence-corrected chi connectivity index (χ0v) is 14.9. The van der Waals surface area contributed by atoms with Gasteiger partial charge in [0.1, 0.15) is 0 Å². The van der Waals surface area contributed by atoms with Crippen molar-refractivity contribution in [3.05, 3.63) is 46.5 Å². The van der Waals surface area contributed by atoms with E-state index in [4.69, 9.17) is 9.90 Å². The largest absolute Gasteiger partial charge is 0.504 e. The third kappa shape index (κ3) is 4.16. The molecule has 2 aromatic rings. The highest BCUT2D eigenvalue weighted by Gasteiger charge is 2.38. The zero-order chi connectivity index (χ0) is 21.5. The van der Waals surface area contributed by atoms with Gasteiger partial charge in [-0.1, -0.05) is 0 Å². The van der Waals surface area contributed by atoms with Crippen LogP contribution in [0.2, 0.25) is 0 Å². The lowest BCUT2D eigenvalue weighted by molar-refractivity contribution is -0.192. The van der Waals surface area contributed by atoms with E-state index in [-0.39, 0.29) is 29.0 Å². The molecule has 0 saturated carbocycles. The summed E-state index contributed by atoms with van der Waals surface area (Å²) >= 11 is 0. The van der Waals surface area contributed by atoms with Crippen LogP contribution in [0.5, 0.6) is 23.0 Å². The molecule has 2 aliphatic heterocycles. The summed E-state index contributed by atoms with van der Waals surface area (Å²) in [5.41, 5.74) is 4.12. The Balaban J connectivity index is 0.000000298. The Morgan fingerprint density at radius 3 is 1.93 bits per heavy atom. The topological polar surface area (TPSA) is 121 Å². The highest BCUT2D eigenvalue weighted by Crippen LogP contribution is 2.43. The monoisotopic (exact) mass is 413 g/mol. The van der Waals surface area contributed by atoms with Crippen molar-refractivity contribution in [1.82, 2.24) is 4.90 Å². The quantitative estimate of drug-likeness (QED) is 0.421. The minimum atomic E-state index is -5.08. The van der Waals surface area contributed by atoms with Crippen LogP contribution in [0.25, 0.3) is 0 Å². The van der Waals surface area contributed by atoms with Gasteiger partial charge in [-0.2, -0.15) is 13.2 Å². The number of halogens is 3. The molecule has 1 unspecified atom stereocenters. The molecule has 4 rings (SSSR count). The molecule has 0 spiro atoms. The Morgan fingerprint density at radius 2 is 1.38 bits per heavy atom. The Kier molecular flexibility index (Phi) is 5.22. The third-order valence-electron chi connectivity index (χ3n) is 5.03. The van der Waals surface area contributed by atoms with Gasteiger partial charge in [-0.05, 0) is 59.4 Å². The minimum Gasteiger partial charge on any atom is -0.504 e. The Hall–Kier alpha value is -3.14. The van der Waals surface area contributed by atoms with Crippen molar-refractivity contribution in [3.8, 4) is 23.0 Å². The van der Waals surface area contributed by atoms with E-state index >= 15 is 0 Å². The number of aliphatic carboxylic acids is 1. The van der Waals surface area contributed by atoms with Crippen molar-refractivity contribution < 1.29 is 43.5 Å². The van der Waals surface area contributed by atoms with Crippen LogP contribution in [0.3, 0.4) is 0 Å². The average molecular weight is 413 g/mol. The first-order valence-corrected chi connectivity index (χ1v) is 8.60. The molecular weight excluding hydrogens is 395 g/mol. The molecule has 0 amide bonds. The SMILES string of the molecule is O=C(O)C(F)(F)F.Oc1cc2c(cc1O)CN1CCc3cc(O)c(O)cc3C1C2. The van der Waals surface area contributed by atoms with Crippen LogP contribution in [0.1, 0.15) is 28.3 Å². The number of carboxylic acid groups (broad SMARTS) is 1. The van der Waals surface area contributed by atoms with Crippen molar-refractivity contribution >= 4 is 5.97 Å². The van der Waals surface area contributed by atoms with Crippen molar-refractivity contribution in [2.24, 2.45) is 0 Å². The van der Waals surface area contributed by atoms with Gasteiger partial charge in [-0.3, -0.25) is 4.90 Å². The van der Waals surface area contributed by atoms with Crippen LogP contribution in [0, 0.1) is 0 Å². The summed E-state index contributed by atoms with van der Waals surface area (Å²) in [6.07, 6.45) is -3.56. The van der Waals surface area contributed by atoms with E-state index in [9.17, 15) is 33.6 Å². The fourth-order valence-electron chi connectivity index (χ4n) is 3.64. The molecule has 29 heavy (non-hydrogen) atoms. The van der Waals surface area contributed by atoms with E-state index in [1.807, 2.05) is 0 Å². The fraction of sp³-hybridized carbons (Fsp3) is 0.316. The first kappa shape index (κ1) is 20.6. The lowest BCUT2D eigenvalue weighted by Crippen LogP contribution is -2.39. The predicted molar refractivity (Wildman–Crippen MR) is 93.8 cm³/mol. The standard InChI is InChI=1S/C17H17NO4.C2HF3O2/c19-14-4-9-1-2-18-8-11-6-16(21)15(20)5-10(11)3-13(18)12(9)7-17(14)22;3-2(4,5)1(6)7/h4-7,13,19-22H,1-3,8H2;(H,6,7). The van der Waals surface area contributed by atoms with E-state index in [1.165, 1.54) is 0 Å². The van der Waals surface area contributed by atoms with Gasteiger partial charge in [-0.25, -0.2) is 4.79 Å². The van der Waals surface area contributed by atoms with Crippen molar-refractivity contribution in [2.45, 2.75) is 31.6 Å². The van der Waals surface area contributed by atoms with Crippen LogP contribution in [0.4, 0.5) is 13.2 Å². The van der Waals surface area contributed by atoms with Crippen LogP contribution >= 0.6 is 0 Å². The number of fused-ring (bicyclic) bond motifs is 4. The number of carbonyl (C=O) groups is 1. The summed E-state index contributed by atoms with van der Waals surface area (Å²) < 4.78 is 31.7. The number of hydrogen-bond donors (Lipinski definition) is 5.